The Morgan fingerprint density at radius 2 is 1.29 bits per heavy atom. The van der Waals surface area contributed by atoms with E-state index < -0.39 is 5.97 Å². The monoisotopic (exact) mass is 470 g/mol. The third kappa shape index (κ3) is 4.85. The third-order valence-corrected chi connectivity index (χ3v) is 4.92. The molecule has 0 aliphatic heterocycles. The average molecular weight is 470 g/mol. The van der Waals surface area contributed by atoms with Gasteiger partial charge in [0.1, 0.15) is 11.3 Å². The number of hydrogen-bond acceptors (Lipinski definition) is 9. The fourth-order valence-corrected chi connectivity index (χ4v) is 3.35. The molecule has 5 rings (SSSR count). The molecule has 0 amide bonds. The molecule has 0 atom stereocenters. The van der Waals surface area contributed by atoms with Crippen LogP contribution in [-0.2, 0) is 0 Å². The number of anilines is 6. The largest absolute Gasteiger partial charge is 0.507 e. The third-order valence-electron chi connectivity index (χ3n) is 4.92. The van der Waals surface area contributed by atoms with Crippen molar-refractivity contribution in [3.8, 4) is 5.75 Å². The lowest BCUT2D eigenvalue weighted by Crippen LogP contribution is -2.08. The summed E-state index contributed by atoms with van der Waals surface area (Å²) in [4.78, 5) is 41.4. The fourth-order valence-electron chi connectivity index (χ4n) is 3.35. The van der Waals surface area contributed by atoms with Gasteiger partial charge in [0, 0.05) is 17.1 Å². The van der Waals surface area contributed by atoms with Crippen molar-refractivity contribution in [3.05, 3.63) is 82.8 Å². The first-order chi connectivity index (χ1) is 16.9. The summed E-state index contributed by atoms with van der Waals surface area (Å²) in [6.07, 6.45) is 0. The van der Waals surface area contributed by atoms with Gasteiger partial charge >= 0.3 is 11.7 Å². The number of fused-ring (bicyclic) bond motifs is 1. The van der Waals surface area contributed by atoms with E-state index in [2.05, 4.69) is 40.9 Å². The highest BCUT2D eigenvalue weighted by atomic mass is 16.4. The number of aromatic nitrogens is 5. The minimum Gasteiger partial charge on any atom is -0.507 e. The molecule has 0 bridgehead atoms. The molecular formula is C23H18N8O4. The van der Waals surface area contributed by atoms with E-state index in [0.717, 1.165) is 5.69 Å². The lowest BCUT2D eigenvalue weighted by molar-refractivity contribution is 0.0694. The van der Waals surface area contributed by atoms with E-state index in [-0.39, 0.29) is 34.8 Å². The van der Waals surface area contributed by atoms with E-state index in [1.807, 2.05) is 30.3 Å². The smallest absolute Gasteiger partial charge is 0.339 e. The molecule has 0 fully saturated rings. The van der Waals surface area contributed by atoms with Crippen LogP contribution in [0.3, 0.4) is 0 Å². The maximum absolute atomic E-state index is 11.5. The molecule has 0 saturated carbocycles. The summed E-state index contributed by atoms with van der Waals surface area (Å²) < 4.78 is 0. The zero-order chi connectivity index (χ0) is 24.4. The van der Waals surface area contributed by atoms with Crippen molar-refractivity contribution in [1.82, 2.24) is 24.9 Å². The van der Waals surface area contributed by atoms with Crippen LogP contribution in [0.4, 0.5) is 34.9 Å². The number of nitrogens with zero attached hydrogens (tertiary/aromatic N) is 3. The minimum absolute atomic E-state index is 0.124. The summed E-state index contributed by atoms with van der Waals surface area (Å²) in [6, 6.07) is 18.6. The maximum Gasteiger partial charge on any atom is 0.339 e. The molecular weight excluding hydrogens is 452 g/mol. The second kappa shape index (κ2) is 8.86. The second-order valence-electron chi connectivity index (χ2n) is 7.42. The highest BCUT2D eigenvalue weighted by molar-refractivity contribution is 5.92. The Balaban J connectivity index is 1.49. The SMILES string of the molecule is O=C(O)c1cc(Nc2nc(Nc3ccccc3)nc(Nc3ccc4[nH]c(=O)[nH]c4c3)n2)ccc1O. The summed E-state index contributed by atoms with van der Waals surface area (Å²) in [5, 5.41) is 28.2. The van der Waals surface area contributed by atoms with Crippen LogP contribution in [0.15, 0.2) is 71.5 Å². The van der Waals surface area contributed by atoms with Gasteiger partial charge in [0.2, 0.25) is 17.8 Å². The highest BCUT2D eigenvalue weighted by Crippen LogP contribution is 2.25. The summed E-state index contributed by atoms with van der Waals surface area (Å²) >= 11 is 0. The molecule has 3 aromatic carbocycles. The van der Waals surface area contributed by atoms with Crippen molar-refractivity contribution in [3.63, 3.8) is 0 Å². The Morgan fingerprint density at radius 3 is 1.94 bits per heavy atom. The Bertz CT molecular complexity index is 1600. The van der Waals surface area contributed by atoms with E-state index in [4.69, 9.17) is 0 Å². The number of phenols is 1. The lowest BCUT2D eigenvalue weighted by atomic mass is 10.2. The first-order valence-electron chi connectivity index (χ1n) is 10.3. The topological polar surface area (TPSA) is 181 Å². The maximum atomic E-state index is 11.5. The lowest BCUT2D eigenvalue weighted by Gasteiger charge is -2.12. The van der Waals surface area contributed by atoms with Gasteiger partial charge in [-0.3, -0.25) is 0 Å². The van der Waals surface area contributed by atoms with E-state index in [0.29, 0.717) is 22.4 Å². The van der Waals surface area contributed by atoms with E-state index >= 15 is 0 Å². The van der Waals surface area contributed by atoms with Crippen molar-refractivity contribution in [1.29, 1.82) is 0 Å². The molecule has 0 saturated heterocycles. The number of carboxylic acid groups (broad SMARTS) is 1. The number of aromatic hydroxyl groups is 1. The molecule has 0 aliphatic carbocycles. The van der Waals surface area contributed by atoms with Gasteiger partial charge in [-0.25, -0.2) is 9.59 Å². The normalized spacial score (nSPS) is 10.7. The van der Waals surface area contributed by atoms with Crippen LogP contribution < -0.4 is 21.6 Å². The number of H-pyrrole nitrogens is 2. The summed E-state index contributed by atoms with van der Waals surface area (Å²) in [5.41, 5.74) is 2.42. The number of aromatic amines is 2. The van der Waals surface area contributed by atoms with Crippen LogP contribution in [0.2, 0.25) is 0 Å². The molecule has 2 heterocycles. The van der Waals surface area contributed by atoms with Crippen LogP contribution in [0, 0.1) is 0 Å². The molecule has 0 aliphatic rings. The van der Waals surface area contributed by atoms with Gasteiger partial charge in [-0.2, -0.15) is 15.0 Å². The Hall–Kier alpha value is -5.39. The van der Waals surface area contributed by atoms with Crippen molar-refractivity contribution >= 4 is 51.9 Å². The molecule has 12 nitrogen and oxygen atoms in total. The molecule has 0 unspecified atom stereocenters. The van der Waals surface area contributed by atoms with Crippen molar-refractivity contribution in [2.24, 2.45) is 0 Å². The molecule has 12 heteroatoms. The van der Waals surface area contributed by atoms with Crippen LogP contribution in [0.25, 0.3) is 11.0 Å². The number of carboxylic acids is 1. The molecule has 7 N–H and O–H groups in total. The molecule has 2 aromatic heterocycles. The zero-order valence-electron chi connectivity index (χ0n) is 17.9. The average Bonchev–Trinajstić information content (AvgIpc) is 3.20. The van der Waals surface area contributed by atoms with Crippen LogP contribution in [0.5, 0.6) is 5.75 Å². The predicted octanol–water partition coefficient (Wildman–Crippen LogP) is 3.68. The number of hydrogen-bond donors (Lipinski definition) is 7. The van der Waals surface area contributed by atoms with E-state index in [1.165, 1.54) is 18.2 Å². The number of para-hydroxylation sites is 1. The van der Waals surface area contributed by atoms with Crippen LogP contribution >= 0.6 is 0 Å². The van der Waals surface area contributed by atoms with Crippen molar-refractivity contribution in [2.45, 2.75) is 0 Å². The minimum atomic E-state index is -1.27. The highest BCUT2D eigenvalue weighted by Gasteiger charge is 2.13. The quantitative estimate of drug-likeness (QED) is 0.173. The van der Waals surface area contributed by atoms with Crippen molar-refractivity contribution < 1.29 is 15.0 Å². The van der Waals surface area contributed by atoms with Crippen LogP contribution in [0.1, 0.15) is 10.4 Å². The second-order valence-corrected chi connectivity index (χ2v) is 7.42. The van der Waals surface area contributed by atoms with Gasteiger partial charge in [0.25, 0.3) is 0 Å². The molecule has 0 radical (unpaired) electrons. The van der Waals surface area contributed by atoms with E-state index in [9.17, 15) is 19.8 Å². The first-order valence-corrected chi connectivity index (χ1v) is 10.3. The summed E-state index contributed by atoms with van der Waals surface area (Å²) in [7, 11) is 0. The number of rotatable bonds is 7. The number of carbonyl (C=O) groups is 1. The Morgan fingerprint density at radius 1 is 0.714 bits per heavy atom. The van der Waals surface area contributed by atoms with Gasteiger partial charge in [0.05, 0.1) is 11.0 Å². The van der Waals surface area contributed by atoms with Gasteiger partial charge in [-0.1, -0.05) is 18.2 Å². The van der Waals surface area contributed by atoms with Crippen LogP contribution in [-0.4, -0.2) is 41.1 Å². The zero-order valence-corrected chi connectivity index (χ0v) is 17.9. The predicted molar refractivity (Wildman–Crippen MR) is 130 cm³/mol. The molecule has 5 aromatic rings. The van der Waals surface area contributed by atoms with Gasteiger partial charge in [-0.15, -0.1) is 0 Å². The van der Waals surface area contributed by atoms with Crippen molar-refractivity contribution in [2.75, 3.05) is 16.0 Å². The fraction of sp³-hybridized carbons (Fsp3) is 0. The van der Waals surface area contributed by atoms with E-state index in [1.54, 1.807) is 18.2 Å². The molecule has 174 valence electrons. The number of nitrogens with one attached hydrogen (secondary N) is 5. The first kappa shape index (κ1) is 21.5. The number of imidazole rings is 1. The summed E-state index contributed by atoms with van der Waals surface area (Å²) in [6.45, 7) is 0. The summed E-state index contributed by atoms with van der Waals surface area (Å²) in [5.74, 6) is -1.08. The number of aromatic carboxylic acids is 1. The Labute approximate surface area is 196 Å². The van der Waals surface area contributed by atoms with Gasteiger partial charge in [-0.05, 0) is 48.5 Å². The Kier molecular flexibility index (Phi) is 5.43. The van der Waals surface area contributed by atoms with Gasteiger partial charge < -0.3 is 36.1 Å². The molecule has 35 heavy (non-hydrogen) atoms. The number of benzene rings is 3. The van der Waals surface area contributed by atoms with Gasteiger partial charge in [0.15, 0.2) is 0 Å². The standard InChI is InChI=1S/C23H18N8O4/c32-18-9-7-13(10-15(18)19(33)34)25-21-29-20(24-12-4-2-1-3-5-12)30-22(31-21)26-14-6-8-16-17(11-14)28-23(35)27-16/h1-11,32H,(H,33,34)(H2,27,28,35)(H3,24,25,26,29,30,31). The molecule has 0 spiro atoms.